The average Bonchev–Trinajstić information content (AvgIpc) is 2.40. The van der Waals surface area contributed by atoms with Crippen LogP contribution in [0.1, 0.15) is 42.5 Å². The molecular weight excluding hydrogens is 246 g/mol. The molecule has 1 saturated carbocycles. The second-order valence-corrected chi connectivity index (χ2v) is 4.70. The highest BCUT2D eigenvalue weighted by atomic mass is 16.6. The van der Waals surface area contributed by atoms with E-state index in [-0.39, 0.29) is 17.4 Å². The minimum Gasteiger partial charge on any atom is -0.478 e. The molecule has 2 N–H and O–H groups in total. The zero-order chi connectivity index (χ0) is 13.7. The second kappa shape index (κ2) is 6.22. The zero-order valence-corrected chi connectivity index (χ0v) is 10.6. The third-order valence-corrected chi connectivity index (χ3v) is 3.22. The summed E-state index contributed by atoms with van der Waals surface area (Å²) < 4.78 is 5.09. The van der Waals surface area contributed by atoms with E-state index in [0.717, 1.165) is 25.7 Å². The maximum Gasteiger partial charge on any atom is 0.412 e. The van der Waals surface area contributed by atoms with Crippen LogP contribution in [0.5, 0.6) is 5.75 Å². The Bertz CT molecular complexity index is 466. The van der Waals surface area contributed by atoms with Crippen LogP contribution in [0.3, 0.4) is 0 Å². The first-order chi connectivity index (χ1) is 9.15. The number of aromatic carboxylic acids is 1. The van der Waals surface area contributed by atoms with Crippen LogP contribution in [-0.4, -0.2) is 23.2 Å². The Morgan fingerprint density at radius 3 is 2.63 bits per heavy atom. The lowest BCUT2D eigenvalue weighted by molar-refractivity contribution is 0.0696. The number of carbonyl (C=O) groups is 2. The van der Waals surface area contributed by atoms with Gasteiger partial charge in [-0.1, -0.05) is 25.3 Å². The van der Waals surface area contributed by atoms with E-state index >= 15 is 0 Å². The van der Waals surface area contributed by atoms with Gasteiger partial charge in [0.15, 0.2) is 0 Å². The maximum atomic E-state index is 11.7. The lowest BCUT2D eigenvalue weighted by Gasteiger charge is -2.22. The van der Waals surface area contributed by atoms with Crippen LogP contribution < -0.4 is 10.1 Å². The Morgan fingerprint density at radius 2 is 1.95 bits per heavy atom. The van der Waals surface area contributed by atoms with E-state index in [1.165, 1.54) is 18.6 Å². The first kappa shape index (κ1) is 13.4. The molecule has 0 saturated heterocycles. The molecule has 0 radical (unpaired) electrons. The van der Waals surface area contributed by atoms with Crippen molar-refractivity contribution in [3.63, 3.8) is 0 Å². The summed E-state index contributed by atoms with van der Waals surface area (Å²) in [5.41, 5.74) is 0.1000. The summed E-state index contributed by atoms with van der Waals surface area (Å²) in [5, 5.41) is 11.7. The Kier molecular flexibility index (Phi) is 4.39. The molecule has 0 heterocycles. The van der Waals surface area contributed by atoms with E-state index in [9.17, 15) is 9.59 Å². The highest BCUT2D eigenvalue weighted by molar-refractivity contribution is 5.88. The predicted molar refractivity (Wildman–Crippen MR) is 69.4 cm³/mol. The normalized spacial score (nSPS) is 15.8. The van der Waals surface area contributed by atoms with Crippen molar-refractivity contribution in [2.75, 3.05) is 0 Å². The highest BCUT2D eigenvalue weighted by Gasteiger charge is 2.17. The molecule has 0 aromatic heterocycles. The molecule has 19 heavy (non-hydrogen) atoms. The molecule has 1 aromatic rings. The molecule has 1 amide bonds. The van der Waals surface area contributed by atoms with Crippen molar-refractivity contribution in [3.05, 3.63) is 29.8 Å². The summed E-state index contributed by atoms with van der Waals surface area (Å²) in [7, 11) is 0. The largest absolute Gasteiger partial charge is 0.478 e. The smallest absolute Gasteiger partial charge is 0.412 e. The fraction of sp³-hybridized carbons (Fsp3) is 0.429. The summed E-state index contributed by atoms with van der Waals surface area (Å²) in [4.78, 5) is 22.5. The molecule has 2 rings (SSSR count). The minimum atomic E-state index is -1.04. The highest BCUT2D eigenvalue weighted by Crippen LogP contribution is 2.18. The summed E-state index contributed by atoms with van der Waals surface area (Å²) >= 11 is 0. The minimum absolute atomic E-state index is 0.1000. The van der Waals surface area contributed by atoms with Crippen molar-refractivity contribution in [3.8, 4) is 5.75 Å². The van der Waals surface area contributed by atoms with Gasteiger partial charge < -0.3 is 15.2 Å². The third-order valence-electron chi connectivity index (χ3n) is 3.22. The van der Waals surface area contributed by atoms with Crippen LogP contribution in [0.4, 0.5) is 4.79 Å². The monoisotopic (exact) mass is 263 g/mol. The van der Waals surface area contributed by atoms with Gasteiger partial charge in [-0.05, 0) is 31.0 Å². The van der Waals surface area contributed by atoms with Gasteiger partial charge in [0.25, 0.3) is 0 Å². The van der Waals surface area contributed by atoms with Gasteiger partial charge in [0, 0.05) is 6.04 Å². The van der Waals surface area contributed by atoms with Gasteiger partial charge in [-0.25, -0.2) is 9.59 Å². The Hall–Kier alpha value is -2.04. The first-order valence-corrected chi connectivity index (χ1v) is 6.47. The van der Waals surface area contributed by atoms with Crippen molar-refractivity contribution in [1.29, 1.82) is 0 Å². The van der Waals surface area contributed by atoms with Crippen LogP contribution in [0.25, 0.3) is 0 Å². The zero-order valence-electron chi connectivity index (χ0n) is 10.6. The molecule has 1 aliphatic rings. The number of hydrogen-bond donors (Lipinski definition) is 2. The Labute approximate surface area is 111 Å². The number of rotatable bonds is 3. The van der Waals surface area contributed by atoms with E-state index in [0.29, 0.717) is 0 Å². The fourth-order valence-corrected chi connectivity index (χ4v) is 2.24. The lowest BCUT2D eigenvalue weighted by atomic mass is 9.96. The Morgan fingerprint density at radius 1 is 1.21 bits per heavy atom. The van der Waals surface area contributed by atoms with Crippen molar-refractivity contribution >= 4 is 12.1 Å². The summed E-state index contributed by atoms with van der Waals surface area (Å²) in [6, 6.07) is 6.07. The number of carboxylic acid groups (broad SMARTS) is 1. The van der Waals surface area contributed by atoms with Gasteiger partial charge in [0.05, 0.1) is 5.56 Å². The number of carboxylic acids is 1. The topological polar surface area (TPSA) is 75.6 Å². The SMILES string of the molecule is O=C(NC1CCCCC1)Oc1cccc(C(=O)O)c1. The van der Waals surface area contributed by atoms with Gasteiger partial charge >= 0.3 is 12.1 Å². The molecule has 1 aromatic carbocycles. The summed E-state index contributed by atoms with van der Waals surface area (Å²) in [5.74, 6) is -0.800. The molecule has 0 bridgehead atoms. The molecular formula is C14H17NO4. The maximum absolute atomic E-state index is 11.7. The van der Waals surface area contributed by atoms with Crippen molar-refractivity contribution in [2.24, 2.45) is 0 Å². The van der Waals surface area contributed by atoms with Crippen LogP contribution >= 0.6 is 0 Å². The Balaban J connectivity index is 1.90. The number of amides is 1. The van der Waals surface area contributed by atoms with E-state index in [4.69, 9.17) is 9.84 Å². The number of ether oxygens (including phenoxy) is 1. The quantitative estimate of drug-likeness (QED) is 0.879. The average molecular weight is 263 g/mol. The van der Waals surface area contributed by atoms with Crippen LogP contribution in [0.15, 0.2) is 24.3 Å². The van der Waals surface area contributed by atoms with E-state index in [2.05, 4.69) is 5.32 Å². The van der Waals surface area contributed by atoms with Crippen molar-refractivity contribution in [2.45, 2.75) is 38.1 Å². The fourth-order valence-electron chi connectivity index (χ4n) is 2.24. The van der Waals surface area contributed by atoms with Crippen molar-refractivity contribution in [1.82, 2.24) is 5.32 Å². The lowest BCUT2D eigenvalue weighted by Crippen LogP contribution is -2.38. The molecule has 1 aliphatic carbocycles. The molecule has 0 spiro atoms. The first-order valence-electron chi connectivity index (χ1n) is 6.47. The number of nitrogens with one attached hydrogen (secondary N) is 1. The second-order valence-electron chi connectivity index (χ2n) is 4.70. The summed E-state index contributed by atoms with van der Waals surface area (Å²) in [6.45, 7) is 0. The van der Waals surface area contributed by atoms with Crippen LogP contribution in [-0.2, 0) is 0 Å². The molecule has 0 aliphatic heterocycles. The van der Waals surface area contributed by atoms with Gasteiger partial charge in [0.2, 0.25) is 0 Å². The van der Waals surface area contributed by atoms with Crippen LogP contribution in [0, 0.1) is 0 Å². The van der Waals surface area contributed by atoms with Gasteiger partial charge in [0.1, 0.15) is 5.75 Å². The number of hydrogen-bond acceptors (Lipinski definition) is 3. The van der Waals surface area contributed by atoms with E-state index in [1.54, 1.807) is 12.1 Å². The molecule has 102 valence electrons. The molecule has 5 nitrogen and oxygen atoms in total. The number of benzene rings is 1. The predicted octanol–water partition coefficient (Wildman–Crippen LogP) is 2.81. The number of carbonyl (C=O) groups excluding carboxylic acids is 1. The third kappa shape index (κ3) is 3.98. The van der Waals surface area contributed by atoms with Gasteiger partial charge in [-0.15, -0.1) is 0 Å². The summed E-state index contributed by atoms with van der Waals surface area (Å²) in [6.07, 6.45) is 4.90. The van der Waals surface area contributed by atoms with Crippen molar-refractivity contribution < 1.29 is 19.4 Å². The molecule has 0 atom stereocenters. The van der Waals surface area contributed by atoms with Gasteiger partial charge in [-0.2, -0.15) is 0 Å². The molecule has 0 unspecified atom stereocenters. The van der Waals surface area contributed by atoms with E-state index < -0.39 is 12.1 Å². The standard InChI is InChI=1S/C14H17NO4/c16-13(17)10-5-4-8-12(9-10)19-14(18)15-11-6-2-1-3-7-11/h4-5,8-9,11H,1-3,6-7H2,(H,15,18)(H,16,17). The molecule has 1 fully saturated rings. The van der Waals surface area contributed by atoms with E-state index in [1.807, 2.05) is 0 Å². The molecule has 5 heteroatoms. The van der Waals surface area contributed by atoms with Gasteiger partial charge in [-0.3, -0.25) is 0 Å². The van der Waals surface area contributed by atoms with Crippen LogP contribution in [0.2, 0.25) is 0 Å².